The van der Waals surface area contributed by atoms with Crippen LogP contribution in [0.25, 0.3) is 0 Å². The lowest BCUT2D eigenvalue weighted by molar-refractivity contribution is 0.0426. The van der Waals surface area contributed by atoms with Gasteiger partial charge in [0, 0.05) is 30.3 Å². The Labute approximate surface area is 253 Å². The molecule has 3 aromatic rings. The lowest BCUT2D eigenvalue weighted by atomic mass is 9.72. The Morgan fingerprint density at radius 2 is 1.79 bits per heavy atom. The number of amides is 1. The van der Waals surface area contributed by atoms with E-state index in [1.54, 1.807) is 0 Å². The fraction of sp³-hybridized carbons (Fsp3) is 0.400. The number of nitrogens with one attached hydrogen (secondary N) is 1. The number of benzene rings is 1. The van der Waals surface area contributed by atoms with Crippen LogP contribution in [-0.2, 0) is 15.9 Å². The van der Waals surface area contributed by atoms with Crippen LogP contribution in [0.3, 0.4) is 0 Å². The highest BCUT2D eigenvalue weighted by atomic mass is 35.5. The smallest absolute Gasteiger partial charge is 0.408 e. The summed E-state index contributed by atoms with van der Waals surface area (Å²) in [5.74, 6) is -0.950. The van der Waals surface area contributed by atoms with Crippen molar-refractivity contribution < 1.29 is 23.9 Å². The molecule has 3 heterocycles. The van der Waals surface area contributed by atoms with E-state index in [9.17, 15) is 14.4 Å². The van der Waals surface area contributed by atoms with Crippen molar-refractivity contribution in [1.82, 2.24) is 20.3 Å². The first-order valence-corrected chi connectivity index (χ1v) is 14.3. The number of carbonyl (C=O) groups excluding carboxylic acids is 3. The van der Waals surface area contributed by atoms with Gasteiger partial charge in [-0.15, -0.1) is 0 Å². The van der Waals surface area contributed by atoms with Gasteiger partial charge >= 0.3 is 12.1 Å². The summed E-state index contributed by atoms with van der Waals surface area (Å²) < 4.78 is 10.6. The maximum absolute atomic E-state index is 13.2. The van der Waals surface area contributed by atoms with E-state index in [-0.39, 0.29) is 38.6 Å². The minimum Gasteiger partial charge on any atom is -0.464 e. The Hall–Kier alpha value is -3.76. The third kappa shape index (κ3) is 5.78. The lowest BCUT2D eigenvalue weighted by Crippen LogP contribution is -2.48. The summed E-state index contributed by atoms with van der Waals surface area (Å²) in [5, 5.41) is 3.12. The highest BCUT2D eigenvalue weighted by Crippen LogP contribution is 2.52. The highest BCUT2D eigenvalue weighted by Gasteiger charge is 2.49. The number of aromatic nitrogens is 3. The summed E-state index contributed by atoms with van der Waals surface area (Å²) in [6.45, 7) is 6.59. The number of esters is 1. The van der Waals surface area contributed by atoms with Crippen LogP contribution in [0, 0.1) is 5.41 Å². The van der Waals surface area contributed by atoms with Gasteiger partial charge in [-0.25, -0.2) is 24.5 Å². The molecule has 1 aliphatic carbocycles. The number of halogens is 2. The first-order valence-electron chi connectivity index (χ1n) is 13.5. The number of carbonyl (C=O) groups is 3. The second-order valence-corrected chi connectivity index (χ2v) is 12.3. The third-order valence-corrected chi connectivity index (χ3v) is 8.46. The Kier molecular flexibility index (Phi) is 8.13. The van der Waals surface area contributed by atoms with Gasteiger partial charge in [-0.3, -0.25) is 4.79 Å². The Balaban J connectivity index is 1.40. The number of alkyl carbamates (subject to hydrolysis) is 1. The van der Waals surface area contributed by atoms with Crippen molar-refractivity contribution in [2.75, 3.05) is 25.1 Å². The van der Waals surface area contributed by atoms with Crippen LogP contribution in [0.4, 0.5) is 10.6 Å². The molecule has 1 N–H and O–H groups in total. The number of nitrogens with zero attached hydrogens (tertiary/aromatic N) is 4. The van der Waals surface area contributed by atoms with Gasteiger partial charge in [0.1, 0.15) is 16.4 Å². The number of anilines is 1. The number of hydrogen-bond acceptors (Lipinski definition) is 9. The second kappa shape index (κ2) is 11.5. The molecule has 5 rings (SSSR count). The third-order valence-electron chi connectivity index (χ3n) is 7.70. The zero-order valence-corrected chi connectivity index (χ0v) is 25.3. The SMILES string of the molecule is COC(=O)c1nc(C(=O)c2ccnc(Cl)c2Cl)cnc1N1CCC2(CC1)Cc1ccccc1[C@H]2NC(=O)OC(C)(C)C. The van der Waals surface area contributed by atoms with Crippen molar-refractivity contribution in [1.29, 1.82) is 0 Å². The topological polar surface area (TPSA) is 124 Å². The number of ether oxygens (including phenoxy) is 2. The monoisotopic (exact) mass is 611 g/mol. The zero-order valence-electron chi connectivity index (χ0n) is 23.7. The van der Waals surface area contributed by atoms with Gasteiger partial charge in [0.2, 0.25) is 5.78 Å². The predicted molar refractivity (Wildman–Crippen MR) is 157 cm³/mol. The number of hydrogen-bond donors (Lipinski definition) is 1. The zero-order chi connectivity index (χ0) is 30.2. The number of pyridine rings is 1. The fourth-order valence-electron chi connectivity index (χ4n) is 5.76. The highest BCUT2D eigenvalue weighted by molar-refractivity contribution is 6.43. The fourth-order valence-corrected chi connectivity index (χ4v) is 6.12. The molecule has 2 aliphatic rings. The van der Waals surface area contributed by atoms with Crippen LogP contribution < -0.4 is 10.2 Å². The van der Waals surface area contributed by atoms with Crippen molar-refractivity contribution in [3.05, 3.63) is 81.0 Å². The predicted octanol–water partition coefficient (Wildman–Crippen LogP) is 5.60. The van der Waals surface area contributed by atoms with E-state index in [1.165, 1.54) is 31.1 Å². The Morgan fingerprint density at radius 3 is 2.48 bits per heavy atom. The van der Waals surface area contributed by atoms with Gasteiger partial charge < -0.3 is 19.7 Å². The molecule has 0 saturated carbocycles. The van der Waals surface area contributed by atoms with E-state index in [0.717, 1.165) is 12.0 Å². The maximum Gasteiger partial charge on any atom is 0.408 e. The van der Waals surface area contributed by atoms with Gasteiger partial charge in [0.25, 0.3) is 0 Å². The molecule has 1 saturated heterocycles. The van der Waals surface area contributed by atoms with Gasteiger partial charge in [-0.1, -0.05) is 47.5 Å². The number of methoxy groups -OCH3 is 1. The number of piperidine rings is 1. The molecule has 1 aromatic carbocycles. The van der Waals surface area contributed by atoms with Crippen LogP contribution in [0.5, 0.6) is 0 Å². The summed E-state index contributed by atoms with van der Waals surface area (Å²) in [4.78, 5) is 53.5. The van der Waals surface area contributed by atoms with Gasteiger partial charge in [-0.05, 0) is 57.2 Å². The molecule has 12 heteroatoms. The summed E-state index contributed by atoms with van der Waals surface area (Å²) in [5.41, 5.74) is 1.36. The maximum atomic E-state index is 13.2. The molecule has 1 atom stereocenters. The van der Waals surface area contributed by atoms with Crippen molar-refractivity contribution in [3.63, 3.8) is 0 Å². The molecule has 10 nitrogen and oxygen atoms in total. The lowest BCUT2D eigenvalue weighted by Gasteiger charge is -2.44. The molecule has 0 bridgehead atoms. The van der Waals surface area contributed by atoms with Crippen LogP contribution in [0.2, 0.25) is 10.2 Å². The molecule has 220 valence electrons. The van der Waals surface area contributed by atoms with Crippen molar-refractivity contribution in [3.8, 4) is 0 Å². The van der Waals surface area contributed by atoms with Crippen LogP contribution in [-0.4, -0.2) is 58.6 Å². The quantitative estimate of drug-likeness (QED) is 0.223. The molecule has 2 aromatic heterocycles. The van der Waals surface area contributed by atoms with E-state index in [0.29, 0.717) is 31.7 Å². The summed E-state index contributed by atoms with van der Waals surface area (Å²) >= 11 is 12.2. The summed E-state index contributed by atoms with van der Waals surface area (Å²) in [7, 11) is 1.25. The minimum atomic E-state index is -0.718. The summed E-state index contributed by atoms with van der Waals surface area (Å²) in [6, 6.07) is 9.33. The minimum absolute atomic E-state index is 0.0110. The first kappa shape index (κ1) is 29.7. The Bertz CT molecular complexity index is 1550. The number of rotatable bonds is 5. The average molecular weight is 613 g/mol. The van der Waals surface area contributed by atoms with E-state index in [2.05, 4.69) is 32.4 Å². The van der Waals surface area contributed by atoms with Crippen LogP contribution >= 0.6 is 23.2 Å². The van der Waals surface area contributed by atoms with E-state index in [4.69, 9.17) is 32.7 Å². The standard InChI is InChI=1S/C30H31Cl2N5O5/c1-29(2,3)42-28(40)36-24-18-8-6-5-7-17(18)15-30(24)10-13-37(14-11-30)26-22(27(39)41-4)35-20(16-34-26)23(38)19-9-12-33-25(32)21(19)31/h5-9,12,16,24H,10-11,13-15H2,1-4H3,(H,36,40)/t24-/m1/s1. The molecule has 42 heavy (non-hydrogen) atoms. The van der Waals surface area contributed by atoms with E-state index < -0.39 is 23.4 Å². The molecular formula is C30H31Cl2N5O5. The molecular weight excluding hydrogens is 581 g/mol. The summed E-state index contributed by atoms with van der Waals surface area (Å²) in [6.07, 6.45) is 4.43. The van der Waals surface area contributed by atoms with E-state index >= 15 is 0 Å². The molecule has 1 amide bonds. The molecule has 1 spiro atoms. The molecule has 0 radical (unpaired) electrons. The molecule has 0 unspecified atom stereocenters. The van der Waals surface area contributed by atoms with Crippen LogP contribution in [0.1, 0.15) is 77.3 Å². The number of fused-ring (bicyclic) bond motifs is 1. The molecule has 1 aliphatic heterocycles. The van der Waals surface area contributed by atoms with Gasteiger partial charge in [0.05, 0.1) is 24.4 Å². The van der Waals surface area contributed by atoms with Gasteiger partial charge in [0.15, 0.2) is 11.5 Å². The van der Waals surface area contributed by atoms with Crippen molar-refractivity contribution in [2.45, 2.75) is 51.7 Å². The number of ketones is 1. The average Bonchev–Trinajstić information content (AvgIpc) is 3.25. The Morgan fingerprint density at radius 1 is 1.07 bits per heavy atom. The first-order chi connectivity index (χ1) is 19.9. The largest absolute Gasteiger partial charge is 0.464 e. The van der Waals surface area contributed by atoms with Gasteiger partial charge in [-0.2, -0.15) is 0 Å². The second-order valence-electron chi connectivity index (χ2n) is 11.5. The molecule has 1 fully saturated rings. The van der Waals surface area contributed by atoms with Crippen molar-refractivity contribution in [2.24, 2.45) is 5.41 Å². The van der Waals surface area contributed by atoms with Crippen molar-refractivity contribution >= 4 is 46.9 Å². The van der Waals surface area contributed by atoms with Crippen LogP contribution in [0.15, 0.2) is 42.7 Å². The van der Waals surface area contributed by atoms with E-state index in [1.807, 2.05) is 37.8 Å². The normalized spacial score (nSPS) is 17.5.